The predicted molar refractivity (Wildman–Crippen MR) is 95.9 cm³/mol. The number of ether oxygens (including phenoxy) is 1. The molecule has 0 bridgehead atoms. The zero-order valence-corrected chi connectivity index (χ0v) is 15.7. The molecule has 2 aromatic heterocycles. The van der Waals surface area contributed by atoms with E-state index in [0.29, 0.717) is 50.6 Å². The highest BCUT2D eigenvalue weighted by Crippen LogP contribution is 2.42. The van der Waals surface area contributed by atoms with Crippen LogP contribution >= 0.6 is 0 Å². The largest absolute Gasteiger partial charge is 0.453 e. The lowest BCUT2D eigenvalue weighted by Gasteiger charge is -2.50. The van der Waals surface area contributed by atoms with Gasteiger partial charge in [-0.15, -0.1) is 0 Å². The van der Waals surface area contributed by atoms with Crippen molar-refractivity contribution >= 4 is 11.8 Å². The number of rotatable bonds is 3. The normalized spacial score (nSPS) is 18.6. The van der Waals surface area contributed by atoms with Gasteiger partial charge in [-0.25, -0.2) is 4.98 Å². The van der Waals surface area contributed by atoms with Gasteiger partial charge in [0, 0.05) is 45.8 Å². The standard InChI is InChI=1S/C19H24N4O4/c1-13(24)23-8-5-15-17(21-12-20-15)19(23)6-9-22(10-7-19)18(25)16-4-3-14(27-16)11-26-2/h3-4,12H,5-11H2,1-2H3,(H,20,21). The molecule has 2 aliphatic heterocycles. The van der Waals surface area contributed by atoms with Crippen LogP contribution in [0.4, 0.5) is 0 Å². The van der Waals surface area contributed by atoms with E-state index in [9.17, 15) is 9.59 Å². The fourth-order valence-electron chi connectivity index (χ4n) is 4.39. The second-order valence-corrected chi connectivity index (χ2v) is 7.17. The van der Waals surface area contributed by atoms with Crippen molar-refractivity contribution in [3.05, 3.63) is 41.4 Å². The zero-order chi connectivity index (χ0) is 19.0. The first-order valence-electron chi connectivity index (χ1n) is 9.23. The first-order chi connectivity index (χ1) is 13.0. The predicted octanol–water partition coefficient (Wildman–Crippen LogP) is 1.69. The number of imidazole rings is 1. The molecule has 2 aliphatic rings. The zero-order valence-electron chi connectivity index (χ0n) is 15.7. The number of likely N-dealkylation sites (tertiary alicyclic amines) is 1. The second kappa shape index (κ2) is 6.84. The van der Waals surface area contributed by atoms with Crippen LogP contribution in [0, 0.1) is 0 Å². The van der Waals surface area contributed by atoms with E-state index in [-0.39, 0.29) is 11.8 Å². The molecular weight excluding hydrogens is 348 g/mol. The number of amides is 2. The van der Waals surface area contributed by atoms with E-state index < -0.39 is 5.54 Å². The van der Waals surface area contributed by atoms with Crippen molar-refractivity contribution in [3.63, 3.8) is 0 Å². The van der Waals surface area contributed by atoms with Gasteiger partial charge in [0.05, 0.1) is 17.6 Å². The Morgan fingerprint density at radius 1 is 1.30 bits per heavy atom. The molecule has 0 aliphatic carbocycles. The number of carbonyl (C=O) groups excluding carboxylic acids is 2. The van der Waals surface area contributed by atoms with Crippen molar-refractivity contribution in [2.75, 3.05) is 26.7 Å². The minimum atomic E-state index is -0.430. The van der Waals surface area contributed by atoms with Gasteiger partial charge in [0.2, 0.25) is 5.91 Å². The van der Waals surface area contributed by atoms with Crippen molar-refractivity contribution in [3.8, 4) is 0 Å². The second-order valence-electron chi connectivity index (χ2n) is 7.17. The molecule has 1 N–H and O–H groups in total. The maximum absolute atomic E-state index is 12.8. The summed E-state index contributed by atoms with van der Waals surface area (Å²) in [7, 11) is 1.59. The quantitative estimate of drug-likeness (QED) is 0.885. The summed E-state index contributed by atoms with van der Waals surface area (Å²) in [6.45, 7) is 3.73. The van der Waals surface area contributed by atoms with Gasteiger partial charge < -0.3 is 23.9 Å². The summed E-state index contributed by atoms with van der Waals surface area (Å²) in [4.78, 5) is 36.5. The van der Waals surface area contributed by atoms with Crippen LogP contribution in [0.3, 0.4) is 0 Å². The Bertz CT molecular complexity index is 848. The number of carbonyl (C=O) groups is 2. The van der Waals surface area contributed by atoms with Crippen LogP contribution in [0.2, 0.25) is 0 Å². The number of H-pyrrole nitrogens is 1. The van der Waals surface area contributed by atoms with Crippen LogP contribution in [-0.4, -0.2) is 58.3 Å². The first kappa shape index (κ1) is 17.8. The fraction of sp³-hybridized carbons (Fsp3) is 0.526. The third kappa shape index (κ3) is 2.93. The Labute approximate surface area is 157 Å². The molecule has 1 saturated heterocycles. The molecule has 4 heterocycles. The number of hydrogen-bond donors (Lipinski definition) is 1. The number of aromatic amines is 1. The van der Waals surface area contributed by atoms with Gasteiger partial charge in [-0.1, -0.05) is 0 Å². The third-order valence-electron chi connectivity index (χ3n) is 5.68. The van der Waals surface area contributed by atoms with Gasteiger partial charge in [-0.05, 0) is 25.0 Å². The Morgan fingerprint density at radius 3 is 2.78 bits per heavy atom. The molecule has 144 valence electrons. The first-order valence-corrected chi connectivity index (χ1v) is 9.23. The number of furan rings is 1. The number of aromatic nitrogens is 2. The molecule has 0 radical (unpaired) electrons. The number of nitrogens with zero attached hydrogens (tertiary/aromatic N) is 3. The van der Waals surface area contributed by atoms with Crippen molar-refractivity contribution in [1.82, 2.24) is 19.8 Å². The van der Waals surface area contributed by atoms with Gasteiger partial charge in [0.25, 0.3) is 5.91 Å². The fourth-order valence-corrected chi connectivity index (χ4v) is 4.39. The van der Waals surface area contributed by atoms with Crippen LogP contribution in [-0.2, 0) is 28.1 Å². The number of methoxy groups -OCH3 is 1. The van der Waals surface area contributed by atoms with Crippen molar-refractivity contribution in [2.45, 2.75) is 38.3 Å². The molecule has 8 heteroatoms. The molecule has 2 amide bonds. The molecule has 4 rings (SSSR count). The van der Waals surface area contributed by atoms with Crippen LogP contribution in [0.5, 0.6) is 0 Å². The summed E-state index contributed by atoms with van der Waals surface area (Å²) in [5.74, 6) is 0.884. The van der Waals surface area contributed by atoms with Crippen LogP contribution in [0.1, 0.15) is 47.5 Å². The molecule has 0 atom stereocenters. The molecule has 1 spiro atoms. The van der Waals surface area contributed by atoms with Crippen LogP contribution < -0.4 is 0 Å². The van der Waals surface area contributed by atoms with Gasteiger partial charge in [0.1, 0.15) is 12.4 Å². The number of piperidine rings is 1. The van der Waals surface area contributed by atoms with Crippen molar-refractivity contribution in [2.24, 2.45) is 0 Å². The summed E-state index contributed by atoms with van der Waals surface area (Å²) in [5.41, 5.74) is 1.62. The van der Waals surface area contributed by atoms with Crippen LogP contribution in [0.15, 0.2) is 22.9 Å². The lowest BCUT2D eigenvalue weighted by Crippen LogP contribution is -2.58. The van der Waals surface area contributed by atoms with Crippen molar-refractivity contribution in [1.29, 1.82) is 0 Å². The molecular formula is C19H24N4O4. The third-order valence-corrected chi connectivity index (χ3v) is 5.68. The highest BCUT2D eigenvalue weighted by Gasteiger charge is 2.48. The minimum Gasteiger partial charge on any atom is -0.453 e. The van der Waals surface area contributed by atoms with E-state index >= 15 is 0 Å². The Balaban J connectivity index is 1.53. The lowest BCUT2D eigenvalue weighted by molar-refractivity contribution is -0.139. The topological polar surface area (TPSA) is 91.7 Å². The Morgan fingerprint density at radius 2 is 2.07 bits per heavy atom. The summed E-state index contributed by atoms with van der Waals surface area (Å²) in [6.07, 6.45) is 3.82. The van der Waals surface area contributed by atoms with Crippen molar-refractivity contribution < 1.29 is 18.7 Å². The van der Waals surface area contributed by atoms with Gasteiger partial charge >= 0.3 is 0 Å². The molecule has 27 heavy (non-hydrogen) atoms. The number of nitrogens with one attached hydrogen (secondary N) is 1. The molecule has 1 fully saturated rings. The highest BCUT2D eigenvalue weighted by molar-refractivity contribution is 5.91. The van der Waals surface area contributed by atoms with Gasteiger partial charge in [-0.3, -0.25) is 9.59 Å². The Kier molecular flexibility index (Phi) is 4.51. The summed E-state index contributed by atoms with van der Waals surface area (Å²) in [6, 6.07) is 3.45. The monoisotopic (exact) mass is 372 g/mol. The maximum atomic E-state index is 12.8. The van der Waals surface area contributed by atoms with E-state index in [0.717, 1.165) is 17.8 Å². The number of fused-ring (bicyclic) bond motifs is 2. The van der Waals surface area contributed by atoms with Crippen LogP contribution in [0.25, 0.3) is 0 Å². The van der Waals surface area contributed by atoms with E-state index in [2.05, 4.69) is 9.97 Å². The molecule has 0 saturated carbocycles. The molecule has 0 unspecified atom stereocenters. The Hall–Kier alpha value is -2.61. The van der Waals surface area contributed by atoms with E-state index in [1.807, 2.05) is 4.90 Å². The van der Waals surface area contributed by atoms with Gasteiger partial charge in [0.15, 0.2) is 5.76 Å². The summed E-state index contributed by atoms with van der Waals surface area (Å²) >= 11 is 0. The van der Waals surface area contributed by atoms with Gasteiger partial charge in [-0.2, -0.15) is 0 Å². The van der Waals surface area contributed by atoms with E-state index in [1.54, 1.807) is 37.4 Å². The SMILES string of the molecule is COCc1ccc(C(=O)N2CCC3(CC2)c2nc[nH]c2CCN3C(C)=O)o1. The average Bonchev–Trinajstić information content (AvgIpc) is 3.32. The molecule has 0 aromatic carbocycles. The van der Waals surface area contributed by atoms with E-state index in [1.165, 1.54) is 0 Å². The molecule has 8 nitrogen and oxygen atoms in total. The highest BCUT2D eigenvalue weighted by atomic mass is 16.5. The minimum absolute atomic E-state index is 0.0543. The summed E-state index contributed by atoms with van der Waals surface area (Å²) in [5, 5.41) is 0. The number of hydrogen-bond acceptors (Lipinski definition) is 5. The maximum Gasteiger partial charge on any atom is 0.289 e. The molecule has 2 aromatic rings. The average molecular weight is 372 g/mol. The van der Waals surface area contributed by atoms with E-state index in [4.69, 9.17) is 9.15 Å². The summed E-state index contributed by atoms with van der Waals surface area (Å²) < 4.78 is 10.6. The lowest BCUT2D eigenvalue weighted by atomic mass is 9.78. The smallest absolute Gasteiger partial charge is 0.289 e.